The maximum Gasteiger partial charge on any atom is 0.136 e. The monoisotopic (exact) mass is 750 g/mol. The van der Waals surface area contributed by atoms with Crippen LogP contribution in [0.25, 0.3) is 80.7 Å². The van der Waals surface area contributed by atoms with Gasteiger partial charge >= 0.3 is 0 Å². The largest absolute Gasteiger partial charge is 0.456 e. The van der Waals surface area contributed by atoms with Crippen molar-refractivity contribution in [2.75, 3.05) is 0 Å². The van der Waals surface area contributed by atoms with Crippen molar-refractivity contribution >= 4 is 81.1 Å². The van der Waals surface area contributed by atoms with Crippen LogP contribution in [0, 0.1) is 0 Å². The number of rotatable bonds is 5. The summed E-state index contributed by atoms with van der Waals surface area (Å²) in [6.45, 7) is 0. The first kappa shape index (κ1) is 32.3. The summed E-state index contributed by atoms with van der Waals surface area (Å²) in [6.07, 6.45) is -0.408. The number of nitrogens with one attached hydrogen (secondary N) is 2. The van der Waals surface area contributed by atoms with Crippen LogP contribution in [0.1, 0.15) is 29.0 Å². The highest BCUT2D eigenvalue weighted by atomic mass is 32.1. The normalized spacial score (nSPS) is 15.9. The van der Waals surface area contributed by atoms with Gasteiger partial charge in [-0.3, -0.25) is 5.32 Å². The van der Waals surface area contributed by atoms with E-state index in [1.54, 1.807) is 0 Å². The van der Waals surface area contributed by atoms with Crippen molar-refractivity contribution in [1.29, 1.82) is 0 Å². The number of furan rings is 1. The van der Waals surface area contributed by atoms with Gasteiger partial charge in [-0.1, -0.05) is 127 Å². The SMILES string of the molecule is c1ccc(C2=NC(c3cccc4oc5cc(-c6ccc7c(c6)sc6ccc(-n8c9ccccc9c9ccccc98)cc67)ccc5c34)NC(c3ccccc3)N2)cc1. The molecule has 0 radical (unpaired) electrons. The van der Waals surface area contributed by atoms with Crippen LogP contribution in [0.2, 0.25) is 0 Å². The number of nitrogens with zero attached hydrogens (tertiary/aromatic N) is 2. The van der Waals surface area contributed by atoms with E-state index in [1.165, 1.54) is 53.2 Å². The van der Waals surface area contributed by atoms with Crippen LogP contribution < -0.4 is 10.6 Å². The Kier molecular flexibility index (Phi) is 7.24. The number of aromatic nitrogens is 1. The van der Waals surface area contributed by atoms with Crippen LogP contribution in [0.3, 0.4) is 0 Å². The summed E-state index contributed by atoms with van der Waals surface area (Å²) in [5.74, 6) is 0.861. The van der Waals surface area contributed by atoms with E-state index in [0.717, 1.165) is 50.0 Å². The second-order valence-corrected chi connectivity index (χ2v) is 15.9. The molecule has 0 spiro atoms. The highest BCUT2D eigenvalue weighted by Gasteiger charge is 2.28. The predicted octanol–water partition coefficient (Wildman–Crippen LogP) is 13.1. The minimum absolute atomic E-state index is 0.118. The van der Waals surface area contributed by atoms with Crippen molar-refractivity contribution in [3.05, 3.63) is 199 Å². The molecule has 5 nitrogen and oxygen atoms in total. The van der Waals surface area contributed by atoms with Gasteiger partial charge in [0.2, 0.25) is 0 Å². The summed E-state index contributed by atoms with van der Waals surface area (Å²) in [5.41, 5.74) is 10.9. The lowest BCUT2D eigenvalue weighted by Gasteiger charge is -2.32. The molecule has 0 aliphatic carbocycles. The molecule has 12 rings (SSSR count). The van der Waals surface area contributed by atoms with Gasteiger partial charge in [-0.2, -0.15) is 0 Å². The third-order valence-corrected chi connectivity index (χ3v) is 12.6. The Labute approximate surface area is 332 Å². The molecule has 11 aromatic rings. The van der Waals surface area contributed by atoms with E-state index < -0.39 is 0 Å². The van der Waals surface area contributed by atoms with Crippen LogP contribution in [0.4, 0.5) is 0 Å². The summed E-state index contributed by atoms with van der Waals surface area (Å²) in [4.78, 5) is 5.25. The van der Waals surface area contributed by atoms with E-state index in [1.807, 2.05) is 23.5 Å². The number of benzene rings is 8. The van der Waals surface area contributed by atoms with Crippen molar-refractivity contribution in [1.82, 2.24) is 15.2 Å². The Morgan fingerprint density at radius 3 is 2.00 bits per heavy atom. The lowest BCUT2D eigenvalue weighted by Crippen LogP contribution is -2.44. The van der Waals surface area contributed by atoms with E-state index in [-0.39, 0.29) is 12.3 Å². The van der Waals surface area contributed by atoms with Crippen LogP contribution in [0.15, 0.2) is 191 Å². The average molecular weight is 751 g/mol. The third-order valence-electron chi connectivity index (χ3n) is 11.5. The molecule has 0 saturated heterocycles. The minimum atomic E-state index is -0.290. The van der Waals surface area contributed by atoms with Crippen molar-refractivity contribution in [2.45, 2.75) is 12.3 Å². The van der Waals surface area contributed by atoms with Gasteiger partial charge in [-0.25, -0.2) is 4.99 Å². The predicted molar refractivity (Wildman–Crippen MR) is 238 cm³/mol. The molecule has 1 aliphatic rings. The second-order valence-electron chi connectivity index (χ2n) is 14.8. The van der Waals surface area contributed by atoms with Gasteiger partial charge in [0, 0.05) is 58.5 Å². The van der Waals surface area contributed by atoms with E-state index >= 15 is 0 Å². The number of fused-ring (bicyclic) bond motifs is 9. The first-order valence-corrected chi connectivity index (χ1v) is 20.2. The smallest absolute Gasteiger partial charge is 0.136 e. The van der Waals surface area contributed by atoms with Crippen molar-refractivity contribution in [3.63, 3.8) is 0 Å². The van der Waals surface area contributed by atoms with E-state index in [9.17, 15) is 0 Å². The number of hydrogen-bond donors (Lipinski definition) is 2. The summed E-state index contributed by atoms with van der Waals surface area (Å²) in [5, 5.41) is 14.7. The third kappa shape index (κ3) is 5.22. The van der Waals surface area contributed by atoms with Gasteiger partial charge in [0.1, 0.15) is 29.3 Å². The standard InChI is InChI=1S/C51H34N4OS/c1-3-12-31(13-4-1)49-52-50(32-14-5-2-6-15-32)54-51(53-49)40-18-11-21-44-48(40)39-26-23-33(28-45(39)56-44)34-22-25-38-41-30-35(24-27-46(41)57-47(38)29-34)55-42-19-9-7-16-36(42)37-17-8-10-20-43(37)55/h1-30,49,51,53H,(H,52,54). The number of para-hydroxylation sites is 2. The maximum atomic E-state index is 6.62. The van der Waals surface area contributed by atoms with E-state index in [0.29, 0.717) is 0 Å². The molecule has 6 heteroatoms. The summed E-state index contributed by atoms with van der Waals surface area (Å²) >= 11 is 1.85. The van der Waals surface area contributed by atoms with Gasteiger partial charge in [0.15, 0.2) is 0 Å². The molecule has 2 unspecified atom stereocenters. The fraction of sp³-hybridized carbons (Fsp3) is 0.0392. The molecule has 57 heavy (non-hydrogen) atoms. The molecular weight excluding hydrogens is 717 g/mol. The molecule has 270 valence electrons. The number of aliphatic imine (C=N–C) groups is 1. The van der Waals surface area contributed by atoms with Gasteiger partial charge in [0.05, 0.1) is 11.0 Å². The molecule has 1 aliphatic heterocycles. The lowest BCUT2D eigenvalue weighted by molar-refractivity contribution is 0.410. The molecule has 0 amide bonds. The fourth-order valence-electron chi connectivity index (χ4n) is 8.82. The van der Waals surface area contributed by atoms with Crippen molar-refractivity contribution in [3.8, 4) is 16.8 Å². The van der Waals surface area contributed by atoms with Gasteiger partial charge in [-0.05, 0) is 71.3 Å². The Bertz CT molecular complexity index is 3320. The topological polar surface area (TPSA) is 54.5 Å². The molecule has 8 aromatic carbocycles. The average Bonchev–Trinajstić information content (AvgIpc) is 3.95. The van der Waals surface area contributed by atoms with Crippen molar-refractivity contribution in [2.24, 2.45) is 4.99 Å². The van der Waals surface area contributed by atoms with Gasteiger partial charge < -0.3 is 14.3 Å². The number of hydrogen-bond acceptors (Lipinski definition) is 5. The number of thiophene rings is 1. The summed E-state index contributed by atoms with van der Waals surface area (Å²) in [6, 6.07) is 64.9. The van der Waals surface area contributed by atoms with Crippen molar-refractivity contribution < 1.29 is 4.42 Å². The Morgan fingerprint density at radius 1 is 0.509 bits per heavy atom. The highest BCUT2D eigenvalue weighted by Crippen LogP contribution is 2.41. The first-order valence-electron chi connectivity index (χ1n) is 19.3. The Balaban J connectivity index is 0.929. The van der Waals surface area contributed by atoms with Crippen LogP contribution in [-0.2, 0) is 0 Å². The molecule has 0 fully saturated rings. The fourth-order valence-corrected chi connectivity index (χ4v) is 9.95. The lowest BCUT2D eigenvalue weighted by atomic mass is 9.99. The minimum Gasteiger partial charge on any atom is -0.456 e. The maximum absolute atomic E-state index is 6.62. The van der Waals surface area contributed by atoms with Gasteiger partial charge in [-0.15, -0.1) is 11.3 Å². The van der Waals surface area contributed by atoms with Gasteiger partial charge in [0.25, 0.3) is 0 Å². The van der Waals surface area contributed by atoms with Crippen LogP contribution in [-0.4, -0.2) is 10.4 Å². The number of amidine groups is 1. The molecule has 3 aromatic heterocycles. The zero-order chi connectivity index (χ0) is 37.5. The molecule has 4 heterocycles. The van der Waals surface area contributed by atoms with E-state index in [4.69, 9.17) is 9.41 Å². The summed E-state index contributed by atoms with van der Waals surface area (Å²) in [7, 11) is 0. The summed E-state index contributed by atoms with van der Waals surface area (Å²) < 4.78 is 11.6. The van der Waals surface area contributed by atoms with Crippen LogP contribution in [0.5, 0.6) is 0 Å². The molecule has 0 saturated carbocycles. The van der Waals surface area contributed by atoms with Crippen LogP contribution >= 0.6 is 11.3 Å². The highest BCUT2D eigenvalue weighted by molar-refractivity contribution is 7.25. The molecule has 0 bridgehead atoms. The first-order chi connectivity index (χ1) is 28.2. The molecular formula is C51H34N4OS. The van der Waals surface area contributed by atoms with E-state index in [2.05, 4.69) is 185 Å². The Hall–Kier alpha value is -6.99. The molecule has 2 atom stereocenters. The zero-order valence-corrected chi connectivity index (χ0v) is 31.5. The quantitative estimate of drug-likeness (QED) is 0.184. The second kappa shape index (κ2) is 12.8. The Morgan fingerprint density at radius 2 is 1.21 bits per heavy atom. The zero-order valence-electron chi connectivity index (χ0n) is 30.7. The molecule has 2 N–H and O–H groups in total.